The quantitative estimate of drug-likeness (QED) is 0.682. The van der Waals surface area contributed by atoms with Crippen LogP contribution in [0.3, 0.4) is 0 Å². The standard InChI is InChI=1S/C16H27N3O/c1-13(2)7-5-3-4-6-10-18-16(20)11-15-9-8-14(17)12-19-15/h8-9,12-13H,3-7,10-11,17H2,1-2H3,(H,18,20). The molecule has 0 aliphatic carbocycles. The second kappa shape index (κ2) is 9.34. The van der Waals surface area contributed by atoms with Gasteiger partial charge in [-0.3, -0.25) is 9.78 Å². The lowest BCUT2D eigenvalue weighted by atomic mass is 10.0. The van der Waals surface area contributed by atoms with E-state index in [0.717, 1.165) is 24.6 Å². The van der Waals surface area contributed by atoms with Gasteiger partial charge in [0.05, 0.1) is 18.3 Å². The number of pyridine rings is 1. The van der Waals surface area contributed by atoms with Crippen LogP contribution in [0.1, 0.15) is 51.6 Å². The summed E-state index contributed by atoms with van der Waals surface area (Å²) in [5.74, 6) is 0.826. The molecule has 0 spiro atoms. The van der Waals surface area contributed by atoms with Gasteiger partial charge in [0, 0.05) is 12.2 Å². The van der Waals surface area contributed by atoms with E-state index in [1.807, 2.05) is 0 Å². The molecule has 1 aromatic heterocycles. The Hall–Kier alpha value is -1.58. The Bertz CT molecular complexity index is 387. The zero-order valence-electron chi connectivity index (χ0n) is 12.7. The SMILES string of the molecule is CC(C)CCCCCCNC(=O)Cc1ccc(N)cn1. The van der Waals surface area contributed by atoms with E-state index in [4.69, 9.17) is 5.73 Å². The van der Waals surface area contributed by atoms with E-state index in [9.17, 15) is 4.79 Å². The van der Waals surface area contributed by atoms with E-state index in [0.29, 0.717) is 12.1 Å². The van der Waals surface area contributed by atoms with Crippen molar-refractivity contribution in [3.05, 3.63) is 24.0 Å². The predicted molar refractivity (Wildman–Crippen MR) is 83.3 cm³/mol. The van der Waals surface area contributed by atoms with Crippen LogP contribution in [-0.4, -0.2) is 17.4 Å². The molecule has 4 heteroatoms. The van der Waals surface area contributed by atoms with Gasteiger partial charge in [-0.2, -0.15) is 0 Å². The highest BCUT2D eigenvalue weighted by atomic mass is 16.1. The highest BCUT2D eigenvalue weighted by Gasteiger charge is 2.03. The molecule has 0 saturated carbocycles. The Kier molecular flexibility index (Phi) is 7.70. The number of anilines is 1. The first-order chi connectivity index (χ1) is 9.58. The third-order valence-corrected chi connectivity index (χ3v) is 3.22. The molecule has 0 saturated heterocycles. The molecule has 20 heavy (non-hydrogen) atoms. The van der Waals surface area contributed by atoms with Gasteiger partial charge in [0.25, 0.3) is 0 Å². The third-order valence-electron chi connectivity index (χ3n) is 3.22. The van der Waals surface area contributed by atoms with Gasteiger partial charge in [0.15, 0.2) is 0 Å². The van der Waals surface area contributed by atoms with Crippen molar-refractivity contribution < 1.29 is 4.79 Å². The van der Waals surface area contributed by atoms with Crippen molar-refractivity contribution in [3.8, 4) is 0 Å². The monoisotopic (exact) mass is 277 g/mol. The van der Waals surface area contributed by atoms with Gasteiger partial charge in [-0.15, -0.1) is 0 Å². The Morgan fingerprint density at radius 3 is 2.65 bits per heavy atom. The molecule has 0 aliphatic heterocycles. The number of nitrogens with two attached hydrogens (primary N) is 1. The number of hydrogen-bond acceptors (Lipinski definition) is 3. The molecular weight excluding hydrogens is 250 g/mol. The van der Waals surface area contributed by atoms with Crippen molar-refractivity contribution in [3.63, 3.8) is 0 Å². The zero-order chi connectivity index (χ0) is 14.8. The maximum Gasteiger partial charge on any atom is 0.226 e. The predicted octanol–water partition coefficient (Wildman–Crippen LogP) is 2.93. The molecule has 3 N–H and O–H groups in total. The highest BCUT2D eigenvalue weighted by Crippen LogP contribution is 2.09. The fourth-order valence-electron chi connectivity index (χ4n) is 2.03. The Balaban J connectivity index is 2.04. The summed E-state index contributed by atoms with van der Waals surface area (Å²) in [6.45, 7) is 5.27. The van der Waals surface area contributed by atoms with Crippen LogP contribution in [0.15, 0.2) is 18.3 Å². The fourth-order valence-corrected chi connectivity index (χ4v) is 2.03. The van der Waals surface area contributed by atoms with Crippen LogP contribution in [0, 0.1) is 5.92 Å². The lowest BCUT2D eigenvalue weighted by Crippen LogP contribution is -2.26. The maximum absolute atomic E-state index is 11.7. The number of carbonyl (C=O) groups excluding carboxylic acids is 1. The Morgan fingerprint density at radius 1 is 1.25 bits per heavy atom. The average Bonchev–Trinajstić information content (AvgIpc) is 2.40. The second-order valence-corrected chi connectivity index (χ2v) is 5.71. The summed E-state index contributed by atoms with van der Waals surface area (Å²) in [6, 6.07) is 3.56. The molecule has 4 nitrogen and oxygen atoms in total. The first-order valence-electron chi connectivity index (χ1n) is 7.55. The number of aromatic nitrogens is 1. The lowest BCUT2D eigenvalue weighted by Gasteiger charge is -2.06. The van der Waals surface area contributed by atoms with Crippen molar-refractivity contribution in [2.75, 3.05) is 12.3 Å². The average molecular weight is 277 g/mol. The topological polar surface area (TPSA) is 68.0 Å². The van der Waals surface area contributed by atoms with Gasteiger partial charge >= 0.3 is 0 Å². The molecule has 0 fully saturated rings. The second-order valence-electron chi connectivity index (χ2n) is 5.71. The van der Waals surface area contributed by atoms with Crippen LogP contribution < -0.4 is 11.1 Å². The number of rotatable bonds is 9. The van der Waals surface area contributed by atoms with E-state index >= 15 is 0 Å². The molecule has 1 amide bonds. The molecule has 112 valence electrons. The minimum Gasteiger partial charge on any atom is -0.397 e. The van der Waals surface area contributed by atoms with Crippen LogP contribution in [-0.2, 0) is 11.2 Å². The van der Waals surface area contributed by atoms with Crippen molar-refractivity contribution >= 4 is 11.6 Å². The summed E-state index contributed by atoms with van der Waals surface area (Å²) in [6.07, 6.45) is 8.00. The number of nitrogens with one attached hydrogen (secondary N) is 1. The van der Waals surface area contributed by atoms with E-state index in [-0.39, 0.29) is 5.91 Å². The van der Waals surface area contributed by atoms with E-state index in [2.05, 4.69) is 24.1 Å². The molecule has 0 aromatic carbocycles. The summed E-state index contributed by atoms with van der Waals surface area (Å²) in [4.78, 5) is 15.8. The zero-order valence-corrected chi connectivity index (χ0v) is 12.7. The fraction of sp³-hybridized carbons (Fsp3) is 0.625. The number of unbranched alkanes of at least 4 members (excludes halogenated alkanes) is 3. The number of nitrogens with zero attached hydrogens (tertiary/aromatic N) is 1. The molecule has 0 unspecified atom stereocenters. The van der Waals surface area contributed by atoms with Crippen molar-refractivity contribution in [1.82, 2.24) is 10.3 Å². The van der Waals surface area contributed by atoms with Gasteiger partial charge in [0.2, 0.25) is 5.91 Å². The maximum atomic E-state index is 11.7. The Morgan fingerprint density at radius 2 is 2.00 bits per heavy atom. The lowest BCUT2D eigenvalue weighted by molar-refractivity contribution is -0.120. The Labute approximate surface area is 122 Å². The summed E-state index contributed by atoms with van der Waals surface area (Å²) < 4.78 is 0. The molecule has 1 aromatic rings. The van der Waals surface area contributed by atoms with Gasteiger partial charge in [-0.1, -0.05) is 39.5 Å². The molecule has 1 heterocycles. The van der Waals surface area contributed by atoms with E-state index < -0.39 is 0 Å². The summed E-state index contributed by atoms with van der Waals surface area (Å²) in [7, 11) is 0. The van der Waals surface area contributed by atoms with E-state index in [1.165, 1.54) is 25.7 Å². The van der Waals surface area contributed by atoms with Crippen LogP contribution in [0.5, 0.6) is 0 Å². The molecule has 0 bridgehead atoms. The molecule has 0 aliphatic rings. The summed E-state index contributed by atoms with van der Waals surface area (Å²) >= 11 is 0. The van der Waals surface area contributed by atoms with Gasteiger partial charge in [0.1, 0.15) is 0 Å². The molecule has 0 radical (unpaired) electrons. The number of nitrogen functional groups attached to an aromatic ring is 1. The van der Waals surface area contributed by atoms with E-state index in [1.54, 1.807) is 18.3 Å². The summed E-state index contributed by atoms with van der Waals surface area (Å²) in [5, 5.41) is 2.94. The smallest absolute Gasteiger partial charge is 0.226 e. The minimum absolute atomic E-state index is 0.0319. The first kappa shape index (κ1) is 16.5. The first-order valence-corrected chi connectivity index (χ1v) is 7.55. The minimum atomic E-state index is 0.0319. The van der Waals surface area contributed by atoms with Crippen molar-refractivity contribution in [1.29, 1.82) is 0 Å². The van der Waals surface area contributed by atoms with Gasteiger partial charge in [-0.05, 0) is 24.5 Å². The van der Waals surface area contributed by atoms with Crippen LogP contribution in [0.2, 0.25) is 0 Å². The molecular formula is C16H27N3O. The third kappa shape index (κ3) is 7.77. The normalized spacial score (nSPS) is 10.8. The molecule has 0 atom stereocenters. The van der Waals surface area contributed by atoms with Crippen molar-refractivity contribution in [2.24, 2.45) is 5.92 Å². The van der Waals surface area contributed by atoms with Crippen molar-refractivity contribution in [2.45, 2.75) is 52.4 Å². The van der Waals surface area contributed by atoms with Gasteiger partial charge < -0.3 is 11.1 Å². The van der Waals surface area contributed by atoms with Gasteiger partial charge in [-0.25, -0.2) is 0 Å². The van der Waals surface area contributed by atoms with Crippen LogP contribution in [0.25, 0.3) is 0 Å². The number of hydrogen-bond donors (Lipinski definition) is 2. The largest absolute Gasteiger partial charge is 0.397 e. The molecule has 1 rings (SSSR count). The number of carbonyl (C=O) groups is 1. The summed E-state index contributed by atoms with van der Waals surface area (Å²) in [5.41, 5.74) is 6.93. The highest BCUT2D eigenvalue weighted by molar-refractivity contribution is 5.78. The van der Waals surface area contributed by atoms with Crippen LogP contribution in [0.4, 0.5) is 5.69 Å². The van der Waals surface area contributed by atoms with Crippen LogP contribution >= 0.6 is 0 Å². The number of amides is 1.